The summed E-state index contributed by atoms with van der Waals surface area (Å²) >= 11 is 0. The third kappa shape index (κ3) is 4.92. The Morgan fingerprint density at radius 2 is 2.11 bits per heavy atom. The maximum atomic E-state index is 12.5. The van der Waals surface area contributed by atoms with E-state index >= 15 is 0 Å². The first kappa shape index (κ1) is 18.6. The molecule has 0 spiro atoms. The van der Waals surface area contributed by atoms with Gasteiger partial charge in [0.2, 0.25) is 11.8 Å². The molecule has 1 aromatic heterocycles. The van der Waals surface area contributed by atoms with Crippen LogP contribution in [0.2, 0.25) is 0 Å². The van der Waals surface area contributed by atoms with Gasteiger partial charge in [0.1, 0.15) is 13.2 Å². The van der Waals surface area contributed by atoms with E-state index in [0.717, 1.165) is 37.4 Å². The lowest BCUT2D eigenvalue weighted by atomic mass is 9.99. The van der Waals surface area contributed by atoms with Gasteiger partial charge in [0.15, 0.2) is 11.5 Å². The van der Waals surface area contributed by atoms with E-state index in [4.69, 9.17) is 14.2 Å². The highest BCUT2D eigenvalue weighted by Crippen LogP contribution is 2.32. The van der Waals surface area contributed by atoms with Crippen molar-refractivity contribution in [3.8, 4) is 17.4 Å². The predicted octanol–water partition coefficient (Wildman–Crippen LogP) is 2.58. The first-order valence-corrected chi connectivity index (χ1v) is 9.72. The van der Waals surface area contributed by atoms with Gasteiger partial charge in [-0.2, -0.15) is 0 Å². The Morgan fingerprint density at radius 1 is 1.21 bits per heavy atom. The van der Waals surface area contributed by atoms with Crippen LogP contribution in [0.25, 0.3) is 0 Å². The topological polar surface area (TPSA) is 72.9 Å². The quantitative estimate of drug-likeness (QED) is 0.827. The number of benzene rings is 1. The normalized spacial score (nSPS) is 19.1. The molecule has 1 N–H and O–H groups in total. The molecule has 1 fully saturated rings. The van der Waals surface area contributed by atoms with Gasteiger partial charge < -0.3 is 19.5 Å². The van der Waals surface area contributed by atoms with E-state index in [1.165, 1.54) is 0 Å². The van der Waals surface area contributed by atoms with Crippen molar-refractivity contribution in [3.63, 3.8) is 0 Å². The Bertz CT molecular complexity index is 799. The Balaban J connectivity index is 1.26. The van der Waals surface area contributed by atoms with E-state index in [0.29, 0.717) is 43.9 Å². The predicted molar refractivity (Wildman–Crippen MR) is 105 cm³/mol. The molecule has 1 saturated heterocycles. The molecule has 7 nitrogen and oxygen atoms in total. The smallest absolute Gasteiger partial charge is 0.238 e. The number of piperidine rings is 1. The number of rotatable bonds is 6. The van der Waals surface area contributed by atoms with Crippen molar-refractivity contribution in [1.29, 1.82) is 0 Å². The molecular formula is C21H25N3O4. The number of nitrogens with zero attached hydrogens (tertiary/aromatic N) is 2. The van der Waals surface area contributed by atoms with Crippen LogP contribution in [0.4, 0.5) is 5.69 Å². The summed E-state index contributed by atoms with van der Waals surface area (Å²) in [4.78, 5) is 18.8. The molecule has 0 aliphatic carbocycles. The summed E-state index contributed by atoms with van der Waals surface area (Å²) in [6.45, 7) is 3.85. The highest BCUT2D eigenvalue weighted by molar-refractivity contribution is 5.92. The Kier molecular flexibility index (Phi) is 5.92. The molecule has 1 atom stereocenters. The second kappa shape index (κ2) is 8.93. The zero-order chi connectivity index (χ0) is 19.2. The van der Waals surface area contributed by atoms with Crippen molar-refractivity contribution in [1.82, 2.24) is 9.88 Å². The molecule has 0 saturated carbocycles. The minimum atomic E-state index is -0.0250. The molecule has 0 radical (unpaired) electrons. The van der Waals surface area contributed by atoms with Gasteiger partial charge in [-0.25, -0.2) is 4.98 Å². The van der Waals surface area contributed by atoms with Crippen molar-refractivity contribution < 1.29 is 19.0 Å². The number of anilines is 1. The third-order valence-electron chi connectivity index (χ3n) is 4.90. The number of fused-ring (bicyclic) bond motifs is 1. The monoisotopic (exact) mass is 383 g/mol. The van der Waals surface area contributed by atoms with Gasteiger partial charge in [-0.1, -0.05) is 6.07 Å². The first-order valence-electron chi connectivity index (χ1n) is 9.72. The SMILES string of the molecule is O=C(CN1CCCC(COc2ccccn2)C1)Nc1ccc2c(c1)OCCO2. The lowest BCUT2D eigenvalue weighted by molar-refractivity contribution is -0.117. The minimum Gasteiger partial charge on any atom is -0.486 e. The Morgan fingerprint density at radius 3 is 2.96 bits per heavy atom. The molecule has 28 heavy (non-hydrogen) atoms. The summed E-state index contributed by atoms with van der Waals surface area (Å²) in [7, 11) is 0. The fraction of sp³-hybridized carbons (Fsp3) is 0.429. The first-order chi connectivity index (χ1) is 13.8. The molecule has 3 heterocycles. The highest BCUT2D eigenvalue weighted by Gasteiger charge is 2.22. The number of nitrogens with one attached hydrogen (secondary N) is 1. The van der Waals surface area contributed by atoms with Crippen molar-refractivity contribution in [3.05, 3.63) is 42.6 Å². The van der Waals surface area contributed by atoms with Gasteiger partial charge in [0.05, 0.1) is 13.2 Å². The molecule has 2 aliphatic heterocycles. The third-order valence-corrected chi connectivity index (χ3v) is 4.90. The fourth-order valence-electron chi connectivity index (χ4n) is 3.59. The van der Waals surface area contributed by atoms with E-state index in [1.54, 1.807) is 6.20 Å². The van der Waals surface area contributed by atoms with Gasteiger partial charge >= 0.3 is 0 Å². The van der Waals surface area contributed by atoms with Crippen LogP contribution >= 0.6 is 0 Å². The summed E-state index contributed by atoms with van der Waals surface area (Å²) < 4.78 is 16.9. The lowest BCUT2D eigenvalue weighted by Crippen LogP contribution is -2.42. The van der Waals surface area contributed by atoms with Crippen molar-refractivity contribution in [2.75, 3.05) is 44.8 Å². The molecule has 1 unspecified atom stereocenters. The average Bonchev–Trinajstić information content (AvgIpc) is 2.73. The van der Waals surface area contributed by atoms with Crippen LogP contribution in [0, 0.1) is 5.92 Å². The van der Waals surface area contributed by atoms with Crippen molar-refractivity contribution in [2.24, 2.45) is 5.92 Å². The number of aromatic nitrogens is 1. The average molecular weight is 383 g/mol. The van der Waals surface area contributed by atoms with Crippen LogP contribution in [0.1, 0.15) is 12.8 Å². The van der Waals surface area contributed by atoms with E-state index in [2.05, 4.69) is 15.2 Å². The second-order valence-electron chi connectivity index (χ2n) is 7.13. The van der Waals surface area contributed by atoms with Gasteiger partial charge in [0, 0.05) is 36.5 Å². The standard InChI is InChI=1S/C21H25N3O4/c25-20(23-17-6-7-18-19(12-17)27-11-10-26-18)14-24-9-3-4-16(13-24)15-28-21-5-1-2-8-22-21/h1-2,5-8,12,16H,3-4,9-11,13-15H2,(H,23,25). The number of carbonyl (C=O) groups excluding carboxylic acids is 1. The summed E-state index contributed by atoms with van der Waals surface area (Å²) in [6, 6.07) is 11.1. The molecule has 4 rings (SSSR count). The van der Waals surface area contributed by atoms with Gasteiger partial charge in [-0.3, -0.25) is 9.69 Å². The number of ether oxygens (including phenoxy) is 3. The van der Waals surface area contributed by atoms with Crippen LogP contribution in [0.15, 0.2) is 42.6 Å². The van der Waals surface area contributed by atoms with Gasteiger partial charge in [-0.05, 0) is 37.6 Å². The zero-order valence-electron chi connectivity index (χ0n) is 15.8. The minimum absolute atomic E-state index is 0.0250. The Labute approximate surface area is 164 Å². The highest BCUT2D eigenvalue weighted by atomic mass is 16.6. The molecular weight excluding hydrogens is 358 g/mol. The van der Waals surface area contributed by atoms with Crippen molar-refractivity contribution in [2.45, 2.75) is 12.8 Å². The number of hydrogen-bond acceptors (Lipinski definition) is 6. The van der Waals surface area contributed by atoms with E-state index in [9.17, 15) is 4.79 Å². The molecule has 148 valence electrons. The number of likely N-dealkylation sites (tertiary alicyclic amines) is 1. The molecule has 1 amide bonds. The van der Waals surface area contributed by atoms with Crippen molar-refractivity contribution >= 4 is 11.6 Å². The molecule has 0 bridgehead atoms. The largest absolute Gasteiger partial charge is 0.486 e. The number of carbonyl (C=O) groups is 1. The number of hydrogen-bond donors (Lipinski definition) is 1. The maximum absolute atomic E-state index is 12.5. The lowest BCUT2D eigenvalue weighted by Gasteiger charge is -2.32. The van der Waals surface area contributed by atoms with Gasteiger partial charge in [-0.15, -0.1) is 0 Å². The van der Waals surface area contributed by atoms with Crippen LogP contribution in [-0.2, 0) is 4.79 Å². The van der Waals surface area contributed by atoms with Gasteiger partial charge in [0.25, 0.3) is 0 Å². The molecule has 2 aliphatic rings. The van der Waals surface area contributed by atoms with E-state index in [-0.39, 0.29) is 5.91 Å². The fourth-order valence-corrected chi connectivity index (χ4v) is 3.59. The molecule has 1 aromatic carbocycles. The van der Waals surface area contributed by atoms with E-state index in [1.807, 2.05) is 36.4 Å². The van der Waals surface area contributed by atoms with Crippen LogP contribution in [0.3, 0.4) is 0 Å². The zero-order valence-corrected chi connectivity index (χ0v) is 15.8. The molecule has 2 aromatic rings. The summed E-state index contributed by atoms with van der Waals surface area (Å²) in [5.41, 5.74) is 0.723. The number of amides is 1. The van der Waals surface area contributed by atoms with E-state index < -0.39 is 0 Å². The second-order valence-corrected chi connectivity index (χ2v) is 7.13. The molecule has 7 heteroatoms. The summed E-state index contributed by atoms with van der Waals surface area (Å²) in [6.07, 6.45) is 3.89. The van der Waals surface area contributed by atoms with Crippen LogP contribution in [-0.4, -0.2) is 55.2 Å². The van der Waals surface area contributed by atoms with Crippen LogP contribution in [0.5, 0.6) is 17.4 Å². The maximum Gasteiger partial charge on any atom is 0.238 e. The van der Waals surface area contributed by atoms with Crippen LogP contribution < -0.4 is 19.5 Å². The Hall–Kier alpha value is -2.80. The summed E-state index contributed by atoms with van der Waals surface area (Å²) in [5, 5.41) is 2.95. The number of pyridine rings is 1. The summed E-state index contributed by atoms with van der Waals surface area (Å²) in [5.74, 6) is 2.42.